The van der Waals surface area contributed by atoms with Gasteiger partial charge >= 0.3 is 0 Å². The molecule has 0 aliphatic heterocycles. The molecule has 0 radical (unpaired) electrons. The molecule has 1 fully saturated rings. The minimum atomic E-state index is 0.321. The standard InChI is InChI=1S/C8H11N/c1-2-3-7-4-5-8(7)6-9/h2-3,7-8H,4-5H2,1H3/b3-2-/t7-,8+/m1/s1. The normalized spacial score (nSPS) is 33.8. The van der Waals surface area contributed by atoms with Gasteiger partial charge in [0.25, 0.3) is 0 Å². The zero-order valence-corrected chi connectivity index (χ0v) is 5.67. The third kappa shape index (κ3) is 1.13. The highest BCUT2D eigenvalue weighted by atomic mass is 14.4. The first-order valence-electron chi connectivity index (χ1n) is 3.41. The van der Waals surface area contributed by atoms with Crippen molar-refractivity contribution in [2.45, 2.75) is 19.8 Å². The zero-order chi connectivity index (χ0) is 6.69. The Hall–Kier alpha value is -0.770. The van der Waals surface area contributed by atoms with Crippen LogP contribution in [0, 0.1) is 23.2 Å². The number of rotatable bonds is 1. The number of nitriles is 1. The molecule has 0 aromatic rings. The summed E-state index contributed by atoms with van der Waals surface area (Å²) < 4.78 is 0. The van der Waals surface area contributed by atoms with E-state index in [9.17, 15) is 0 Å². The van der Waals surface area contributed by atoms with E-state index >= 15 is 0 Å². The van der Waals surface area contributed by atoms with Crippen LogP contribution in [0.1, 0.15) is 19.8 Å². The summed E-state index contributed by atoms with van der Waals surface area (Å²) in [5.41, 5.74) is 0. The van der Waals surface area contributed by atoms with Crippen molar-refractivity contribution in [2.75, 3.05) is 0 Å². The van der Waals surface area contributed by atoms with Gasteiger partial charge in [0.2, 0.25) is 0 Å². The van der Waals surface area contributed by atoms with Gasteiger partial charge in [-0.2, -0.15) is 5.26 Å². The van der Waals surface area contributed by atoms with Crippen molar-refractivity contribution in [3.05, 3.63) is 12.2 Å². The van der Waals surface area contributed by atoms with Crippen LogP contribution in [0.4, 0.5) is 0 Å². The van der Waals surface area contributed by atoms with Crippen LogP contribution in [0.2, 0.25) is 0 Å². The van der Waals surface area contributed by atoms with E-state index in [1.807, 2.05) is 13.0 Å². The first-order chi connectivity index (χ1) is 4.38. The molecule has 0 amide bonds. The van der Waals surface area contributed by atoms with Gasteiger partial charge in [-0.05, 0) is 25.7 Å². The van der Waals surface area contributed by atoms with E-state index in [-0.39, 0.29) is 0 Å². The summed E-state index contributed by atoms with van der Waals surface area (Å²) in [6.07, 6.45) is 6.49. The van der Waals surface area contributed by atoms with Crippen molar-refractivity contribution in [2.24, 2.45) is 11.8 Å². The van der Waals surface area contributed by atoms with E-state index < -0.39 is 0 Å². The fraction of sp³-hybridized carbons (Fsp3) is 0.625. The summed E-state index contributed by atoms with van der Waals surface area (Å²) in [5, 5.41) is 8.50. The van der Waals surface area contributed by atoms with Crippen molar-refractivity contribution in [1.29, 1.82) is 5.26 Å². The molecule has 1 nitrogen and oxygen atoms in total. The number of hydrogen-bond donors (Lipinski definition) is 0. The molecule has 1 rings (SSSR count). The van der Waals surface area contributed by atoms with Gasteiger partial charge in [-0.15, -0.1) is 0 Å². The largest absolute Gasteiger partial charge is 0.198 e. The number of allylic oxidation sites excluding steroid dienone is 2. The first kappa shape index (κ1) is 6.35. The molecular formula is C8H11N. The molecule has 1 aliphatic carbocycles. The fourth-order valence-electron chi connectivity index (χ4n) is 1.16. The van der Waals surface area contributed by atoms with Crippen molar-refractivity contribution >= 4 is 0 Å². The van der Waals surface area contributed by atoms with Crippen LogP contribution >= 0.6 is 0 Å². The predicted octanol–water partition coefficient (Wildman–Crippen LogP) is 2.11. The number of nitrogens with zero attached hydrogens (tertiary/aromatic N) is 1. The van der Waals surface area contributed by atoms with Crippen molar-refractivity contribution in [1.82, 2.24) is 0 Å². The molecule has 9 heavy (non-hydrogen) atoms. The average Bonchev–Trinajstić information content (AvgIpc) is 1.82. The Morgan fingerprint density at radius 3 is 2.67 bits per heavy atom. The van der Waals surface area contributed by atoms with Gasteiger partial charge < -0.3 is 0 Å². The maximum Gasteiger partial charge on any atom is 0.0661 e. The van der Waals surface area contributed by atoms with Crippen molar-refractivity contribution in [3.8, 4) is 6.07 Å². The molecule has 48 valence electrons. The Bertz CT molecular complexity index is 152. The molecule has 1 heteroatoms. The zero-order valence-electron chi connectivity index (χ0n) is 5.67. The first-order valence-corrected chi connectivity index (χ1v) is 3.41. The molecule has 1 aliphatic rings. The van der Waals surface area contributed by atoms with Crippen LogP contribution in [0.3, 0.4) is 0 Å². The van der Waals surface area contributed by atoms with E-state index in [0.29, 0.717) is 11.8 Å². The average molecular weight is 121 g/mol. The van der Waals surface area contributed by atoms with Gasteiger partial charge in [0.05, 0.1) is 12.0 Å². The maximum atomic E-state index is 8.50. The lowest BCUT2D eigenvalue weighted by molar-refractivity contribution is 0.294. The minimum Gasteiger partial charge on any atom is -0.198 e. The molecule has 0 heterocycles. The quantitative estimate of drug-likeness (QED) is 0.487. The van der Waals surface area contributed by atoms with Crippen molar-refractivity contribution in [3.63, 3.8) is 0 Å². The Morgan fingerprint density at radius 2 is 2.33 bits per heavy atom. The lowest BCUT2D eigenvalue weighted by atomic mass is 9.74. The third-order valence-corrected chi connectivity index (χ3v) is 1.93. The highest BCUT2D eigenvalue weighted by Crippen LogP contribution is 2.34. The van der Waals surface area contributed by atoms with Gasteiger partial charge in [-0.1, -0.05) is 12.2 Å². The highest BCUT2D eigenvalue weighted by molar-refractivity contribution is 5.04. The predicted molar refractivity (Wildman–Crippen MR) is 36.6 cm³/mol. The van der Waals surface area contributed by atoms with E-state index in [2.05, 4.69) is 12.1 Å². The Labute approximate surface area is 56.0 Å². The second kappa shape index (κ2) is 2.68. The topological polar surface area (TPSA) is 23.8 Å². The smallest absolute Gasteiger partial charge is 0.0661 e. The molecule has 0 N–H and O–H groups in total. The van der Waals surface area contributed by atoms with Gasteiger partial charge in [-0.25, -0.2) is 0 Å². The SMILES string of the molecule is C/C=C\[C@@H]1CC[C@H]1C#N. The van der Waals surface area contributed by atoms with Crippen molar-refractivity contribution < 1.29 is 0 Å². The summed E-state index contributed by atoms with van der Waals surface area (Å²) in [7, 11) is 0. The Kier molecular flexibility index (Phi) is 1.89. The van der Waals surface area contributed by atoms with Gasteiger partial charge in [-0.3, -0.25) is 0 Å². The summed E-state index contributed by atoms with van der Waals surface area (Å²) in [6, 6.07) is 2.29. The monoisotopic (exact) mass is 121 g/mol. The van der Waals surface area contributed by atoms with Crippen LogP contribution in [-0.2, 0) is 0 Å². The lowest BCUT2D eigenvalue weighted by Gasteiger charge is -2.28. The molecule has 2 atom stereocenters. The summed E-state index contributed by atoms with van der Waals surface area (Å²) >= 11 is 0. The van der Waals surface area contributed by atoms with Crippen LogP contribution in [0.25, 0.3) is 0 Å². The number of hydrogen-bond acceptors (Lipinski definition) is 1. The third-order valence-electron chi connectivity index (χ3n) is 1.93. The second-order valence-electron chi connectivity index (χ2n) is 2.50. The summed E-state index contributed by atoms with van der Waals surface area (Å²) in [5.74, 6) is 0.890. The molecule has 0 saturated heterocycles. The van der Waals surface area contributed by atoms with E-state index in [0.717, 1.165) is 6.42 Å². The second-order valence-corrected chi connectivity index (χ2v) is 2.50. The van der Waals surface area contributed by atoms with Crippen LogP contribution in [0.5, 0.6) is 0 Å². The fourth-order valence-corrected chi connectivity index (χ4v) is 1.16. The summed E-state index contributed by atoms with van der Waals surface area (Å²) in [6.45, 7) is 2.01. The van der Waals surface area contributed by atoms with Gasteiger partial charge in [0.15, 0.2) is 0 Å². The molecule has 0 aromatic carbocycles. The van der Waals surface area contributed by atoms with E-state index in [1.54, 1.807) is 0 Å². The van der Waals surface area contributed by atoms with Crippen LogP contribution < -0.4 is 0 Å². The van der Waals surface area contributed by atoms with Gasteiger partial charge in [0.1, 0.15) is 0 Å². The Morgan fingerprint density at radius 1 is 1.56 bits per heavy atom. The van der Waals surface area contributed by atoms with Gasteiger partial charge in [0, 0.05) is 0 Å². The van der Waals surface area contributed by atoms with E-state index in [1.165, 1.54) is 6.42 Å². The molecule has 0 bridgehead atoms. The van der Waals surface area contributed by atoms with Crippen LogP contribution in [0.15, 0.2) is 12.2 Å². The van der Waals surface area contributed by atoms with Crippen LogP contribution in [-0.4, -0.2) is 0 Å². The minimum absolute atomic E-state index is 0.321. The summed E-state index contributed by atoms with van der Waals surface area (Å²) in [4.78, 5) is 0. The molecule has 0 unspecified atom stereocenters. The molecule has 0 spiro atoms. The lowest BCUT2D eigenvalue weighted by Crippen LogP contribution is -2.21. The highest BCUT2D eigenvalue weighted by Gasteiger charge is 2.27. The van der Waals surface area contributed by atoms with E-state index in [4.69, 9.17) is 5.26 Å². The maximum absolute atomic E-state index is 8.50. The molecule has 0 aromatic heterocycles. The Balaban J connectivity index is 2.38. The molecular weight excluding hydrogens is 110 g/mol. The molecule has 1 saturated carbocycles.